The molecule has 0 unspecified atom stereocenters. The van der Waals surface area contributed by atoms with Crippen LogP contribution in [0, 0.1) is 0 Å². The summed E-state index contributed by atoms with van der Waals surface area (Å²) in [5.41, 5.74) is 9.36. The number of nitrogens with zero attached hydrogens (tertiary/aromatic N) is 1. The number of benzene rings is 2. The minimum Gasteiger partial charge on any atom is -0.507 e. The van der Waals surface area contributed by atoms with Gasteiger partial charge in [-0.25, -0.2) is 9.79 Å². The molecule has 3 rings (SSSR count). The van der Waals surface area contributed by atoms with Crippen LogP contribution in [0.4, 0.5) is 5.69 Å². The molecule has 0 aliphatic rings. The largest absolute Gasteiger partial charge is 0.507 e. The molecule has 0 atom stereocenters. The molecule has 0 spiro atoms. The lowest BCUT2D eigenvalue weighted by atomic mass is 9.74. The Morgan fingerprint density at radius 1 is 1.00 bits per heavy atom. The average molecular weight is 515 g/mol. The van der Waals surface area contributed by atoms with Crippen LogP contribution in [0.2, 0.25) is 0 Å². The monoisotopic (exact) mass is 514 g/mol. The first-order valence-corrected chi connectivity index (χ1v) is 12.3. The first-order valence-electron chi connectivity index (χ1n) is 11.4. The van der Waals surface area contributed by atoms with E-state index >= 15 is 0 Å². The molecule has 0 aliphatic heterocycles. The standard InChI is InChI=1S/C28H34N2O3S.ClH/c1-27(2,3)20-16-19(26(32)33)18(23(24(20)31)28(4,5)6)14-13-17-10-7-8-11-21(17)30-25(29)22-12-9-15-34-22;/h7-12,15-16,31H,13-14H2,1-6H3,(H2,29,30)(H,32,33);1H. The van der Waals surface area contributed by atoms with Crippen LogP contribution < -0.4 is 5.73 Å². The summed E-state index contributed by atoms with van der Waals surface area (Å²) in [4.78, 5) is 17.9. The minimum atomic E-state index is -0.987. The molecule has 0 fully saturated rings. The maximum absolute atomic E-state index is 12.3. The summed E-state index contributed by atoms with van der Waals surface area (Å²) >= 11 is 1.53. The number of nitrogens with two attached hydrogens (primary N) is 1. The van der Waals surface area contributed by atoms with E-state index in [0.717, 1.165) is 16.1 Å². The second kappa shape index (κ2) is 10.8. The van der Waals surface area contributed by atoms with Crippen molar-refractivity contribution in [2.75, 3.05) is 0 Å². The number of carboxylic acids is 1. The zero-order valence-electron chi connectivity index (χ0n) is 21.2. The maximum atomic E-state index is 12.3. The molecule has 0 radical (unpaired) electrons. The van der Waals surface area contributed by atoms with Gasteiger partial charge >= 0.3 is 5.97 Å². The quantitative estimate of drug-likeness (QED) is 0.244. The Kier molecular flexibility index (Phi) is 8.79. The van der Waals surface area contributed by atoms with Crippen molar-refractivity contribution in [1.29, 1.82) is 0 Å². The molecule has 0 aliphatic carbocycles. The van der Waals surface area contributed by atoms with Crippen LogP contribution in [0.5, 0.6) is 5.75 Å². The van der Waals surface area contributed by atoms with E-state index < -0.39 is 16.8 Å². The van der Waals surface area contributed by atoms with Crippen LogP contribution in [-0.2, 0) is 23.7 Å². The molecule has 0 saturated carbocycles. The Balaban J connectivity index is 0.00000432. The summed E-state index contributed by atoms with van der Waals surface area (Å²) in [7, 11) is 0. The van der Waals surface area contributed by atoms with E-state index in [2.05, 4.69) is 4.99 Å². The summed E-state index contributed by atoms with van der Waals surface area (Å²) < 4.78 is 0. The number of rotatable bonds is 6. The smallest absolute Gasteiger partial charge is 0.335 e. The van der Waals surface area contributed by atoms with Crippen LogP contribution >= 0.6 is 23.7 Å². The minimum absolute atomic E-state index is 0. The van der Waals surface area contributed by atoms with E-state index in [4.69, 9.17) is 5.73 Å². The number of aromatic carboxylic acids is 1. The topological polar surface area (TPSA) is 95.9 Å². The Labute approximate surface area is 218 Å². The molecule has 2 aromatic carbocycles. The first kappa shape index (κ1) is 28.4. The molecule has 1 aromatic heterocycles. The van der Waals surface area contributed by atoms with E-state index in [9.17, 15) is 15.0 Å². The fourth-order valence-electron chi connectivity index (χ4n) is 4.24. The number of hydrogen-bond acceptors (Lipinski definition) is 4. The lowest BCUT2D eigenvalue weighted by molar-refractivity contribution is 0.0695. The van der Waals surface area contributed by atoms with Gasteiger partial charge in [0.2, 0.25) is 0 Å². The van der Waals surface area contributed by atoms with Crippen LogP contribution in [0.1, 0.15) is 79.0 Å². The summed E-state index contributed by atoms with van der Waals surface area (Å²) in [5, 5.41) is 23.3. The second-order valence-corrected chi connectivity index (χ2v) is 11.5. The molecular weight excluding hydrogens is 480 g/mol. The number of thiophene rings is 1. The predicted molar refractivity (Wildman–Crippen MR) is 148 cm³/mol. The fraction of sp³-hybridized carbons (Fsp3) is 0.357. The van der Waals surface area contributed by atoms with E-state index in [1.54, 1.807) is 6.07 Å². The van der Waals surface area contributed by atoms with E-state index in [0.29, 0.717) is 35.4 Å². The van der Waals surface area contributed by atoms with Crippen LogP contribution in [-0.4, -0.2) is 22.0 Å². The van der Waals surface area contributed by atoms with Crippen molar-refractivity contribution < 1.29 is 15.0 Å². The number of para-hydroxylation sites is 1. The number of amidine groups is 1. The molecule has 0 bridgehead atoms. The van der Waals surface area contributed by atoms with Crippen molar-refractivity contribution in [3.63, 3.8) is 0 Å². The zero-order valence-corrected chi connectivity index (χ0v) is 22.8. The Hall–Kier alpha value is -2.83. The molecule has 5 nitrogen and oxygen atoms in total. The maximum Gasteiger partial charge on any atom is 0.335 e. The van der Waals surface area contributed by atoms with Crippen LogP contribution in [0.3, 0.4) is 0 Å². The van der Waals surface area contributed by atoms with Gasteiger partial charge in [0.1, 0.15) is 11.6 Å². The number of phenols is 1. The first-order chi connectivity index (χ1) is 15.8. The number of carboxylic acid groups (broad SMARTS) is 1. The van der Waals surface area contributed by atoms with E-state index in [1.807, 2.05) is 83.3 Å². The van der Waals surface area contributed by atoms with Crippen LogP contribution in [0.25, 0.3) is 0 Å². The van der Waals surface area contributed by atoms with E-state index in [1.165, 1.54) is 11.3 Å². The second-order valence-electron chi connectivity index (χ2n) is 10.6. The molecule has 188 valence electrons. The van der Waals surface area contributed by atoms with Crippen molar-refractivity contribution in [3.05, 3.63) is 80.5 Å². The number of halogens is 1. The van der Waals surface area contributed by atoms with Gasteiger partial charge in [-0.05, 0) is 58.4 Å². The molecule has 1 heterocycles. The fourth-order valence-corrected chi connectivity index (χ4v) is 4.87. The Bertz CT molecular complexity index is 1220. The van der Waals surface area contributed by atoms with E-state index in [-0.39, 0.29) is 23.7 Å². The Morgan fingerprint density at radius 2 is 1.66 bits per heavy atom. The van der Waals surface area contributed by atoms with Crippen LogP contribution in [0.15, 0.2) is 52.8 Å². The Morgan fingerprint density at radius 3 is 2.20 bits per heavy atom. The molecule has 0 saturated heterocycles. The normalized spacial score (nSPS) is 12.3. The van der Waals surface area contributed by atoms with Crippen molar-refractivity contribution in [1.82, 2.24) is 0 Å². The number of hydrogen-bond donors (Lipinski definition) is 3. The number of aryl methyl sites for hydroxylation is 1. The van der Waals surface area contributed by atoms with Gasteiger partial charge in [0.05, 0.1) is 16.1 Å². The predicted octanol–water partition coefficient (Wildman–Crippen LogP) is 6.99. The van der Waals surface area contributed by atoms with Gasteiger partial charge in [0, 0.05) is 11.1 Å². The highest BCUT2D eigenvalue weighted by atomic mass is 35.5. The number of phenolic OH excluding ortho intramolecular Hbond substituents is 1. The van der Waals surface area contributed by atoms with Gasteiger partial charge in [0.25, 0.3) is 0 Å². The van der Waals surface area contributed by atoms with Crippen molar-refractivity contribution in [2.45, 2.75) is 65.2 Å². The third-order valence-electron chi connectivity index (χ3n) is 5.85. The third-order valence-corrected chi connectivity index (χ3v) is 6.74. The zero-order chi connectivity index (χ0) is 25.3. The van der Waals surface area contributed by atoms with Gasteiger partial charge in [0.15, 0.2) is 0 Å². The molecule has 4 N–H and O–H groups in total. The number of carbonyl (C=O) groups is 1. The third kappa shape index (κ3) is 6.44. The highest BCUT2D eigenvalue weighted by Gasteiger charge is 2.32. The number of aliphatic imine (C=N–C) groups is 1. The lowest BCUT2D eigenvalue weighted by Gasteiger charge is -2.31. The summed E-state index contributed by atoms with van der Waals surface area (Å²) in [6.45, 7) is 11.9. The van der Waals surface area contributed by atoms with Gasteiger partial charge in [-0.2, -0.15) is 0 Å². The highest BCUT2D eigenvalue weighted by molar-refractivity contribution is 7.12. The lowest BCUT2D eigenvalue weighted by Crippen LogP contribution is -2.22. The average Bonchev–Trinajstić information content (AvgIpc) is 3.26. The molecule has 35 heavy (non-hydrogen) atoms. The summed E-state index contributed by atoms with van der Waals surface area (Å²) in [5.74, 6) is -0.344. The highest BCUT2D eigenvalue weighted by Crippen LogP contribution is 2.43. The molecule has 0 amide bonds. The summed E-state index contributed by atoms with van der Waals surface area (Å²) in [6.07, 6.45) is 1.02. The molecule has 7 heteroatoms. The van der Waals surface area contributed by atoms with Gasteiger partial charge in [-0.15, -0.1) is 23.7 Å². The van der Waals surface area contributed by atoms with Crippen molar-refractivity contribution in [2.24, 2.45) is 10.7 Å². The van der Waals surface area contributed by atoms with Crippen molar-refractivity contribution >= 4 is 41.2 Å². The van der Waals surface area contributed by atoms with Gasteiger partial charge < -0.3 is 15.9 Å². The van der Waals surface area contributed by atoms with Crippen molar-refractivity contribution in [3.8, 4) is 5.75 Å². The summed E-state index contributed by atoms with van der Waals surface area (Å²) in [6, 6.07) is 13.3. The van der Waals surface area contributed by atoms with Gasteiger partial charge in [-0.1, -0.05) is 65.8 Å². The van der Waals surface area contributed by atoms with Gasteiger partial charge in [-0.3, -0.25) is 0 Å². The molecule has 3 aromatic rings. The molecular formula is C28H35ClN2O3S. The number of aromatic hydroxyl groups is 1. The SMILES string of the molecule is CC(C)(C)c1cc(C(=O)O)c(CCc2ccccc2N=C(N)c2cccs2)c(C(C)(C)C)c1O.Cl.